The lowest BCUT2D eigenvalue weighted by atomic mass is 10.0. The summed E-state index contributed by atoms with van der Waals surface area (Å²) in [5.41, 5.74) is 1.31. The summed E-state index contributed by atoms with van der Waals surface area (Å²) in [7, 11) is 1.88. The summed E-state index contributed by atoms with van der Waals surface area (Å²) < 4.78 is 1.72. The van der Waals surface area contributed by atoms with Gasteiger partial charge in [-0.05, 0) is 12.0 Å². The molecule has 0 aliphatic heterocycles. The average Bonchev–Trinajstić information content (AvgIpc) is 2.77. The summed E-state index contributed by atoms with van der Waals surface area (Å²) in [6.07, 6.45) is 2.78. The highest BCUT2D eigenvalue weighted by atomic mass is 15.3. The fourth-order valence-corrected chi connectivity index (χ4v) is 1.86. The molecular weight excluding hydrogens is 212 g/mol. The number of aryl methyl sites for hydroxylation is 1. The molecular formula is C13H18N4. The maximum Gasteiger partial charge on any atom is 0.164 e. The molecule has 17 heavy (non-hydrogen) atoms. The van der Waals surface area contributed by atoms with Gasteiger partial charge in [-0.2, -0.15) is 5.10 Å². The van der Waals surface area contributed by atoms with Crippen molar-refractivity contribution in [3.05, 3.63) is 48.0 Å². The summed E-state index contributed by atoms with van der Waals surface area (Å²) in [4.78, 5) is 4.21. The van der Waals surface area contributed by atoms with Gasteiger partial charge < -0.3 is 5.32 Å². The van der Waals surface area contributed by atoms with Gasteiger partial charge in [0.1, 0.15) is 6.33 Å². The van der Waals surface area contributed by atoms with E-state index in [0.717, 1.165) is 12.2 Å². The molecule has 4 heteroatoms. The first-order chi connectivity index (χ1) is 8.29. The van der Waals surface area contributed by atoms with Gasteiger partial charge in [0.15, 0.2) is 5.82 Å². The van der Waals surface area contributed by atoms with Crippen molar-refractivity contribution in [2.24, 2.45) is 7.05 Å². The van der Waals surface area contributed by atoms with Crippen LogP contribution in [0.15, 0.2) is 36.7 Å². The highest BCUT2D eigenvalue weighted by Gasteiger charge is 2.08. The number of hydrogen-bond donors (Lipinski definition) is 1. The second-order valence-corrected chi connectivity index (χ2v) is 4.09. The molecule has 90 valence electrons. The Kier molecular flexibility index (Phi) is 3.88. The van der Waals surface area contributed by atoms with E-state index in [9.17, 15) is 0 Å². The molecule has 1 unspecified atom stereocenters. The molecule has 0 fully saturated rings. The van der Waals surface area contributed by atoms with E-state index >= 15 is 0 Å². The van der Waals surface area contributed by atoms with Gasteiger partial charge in [-0.1, -0.05) is 37.3 Å². The van der Waals surface area contributed by atoms with E-state index in [1.165, 1.54) is 5.56 Å². The van der Waals surface area contributed by atoms with Crippen LogP contribution in [-0.4, -0.2) is 14.8 Å². The quantitative estimate of drug-likeness (QED) is 0.855. The fraction of sp³-hybridized carbons (Fsp3) is 0.385. The zero-order chi connectivity index (χ0) is 12.1. The first-order valence-corrected chi connectivity index (χ1v) is 5.92. The molecule has 0 aliphatic carbocycles. The first kappa shape index (κ1) is 11.8. The SMILES string of the molecule is CCC(NCc1ncn(C)n1)c1ccccc1. The van der Waals surface area contributed by atoms with Gasteiger partial charge in [-0.15, -0.1) is 0 Å². The van der Waals surface area contributed by atoms with Crippen LogP contribution in [0.4, 0.5) is 0 Å². The lowest BCUT2D eigenvalue weighted by Gasteiger charge is -2.16. The standard InChI is InChI=1S/C13H18N4/c1-3-12(11-7-5-4-6-8-11)14-9-13-15-10-17(2)16-13/h4-8,10,12,14H,3,9H2,1-2H3. The van der Waals surface area contributed by atoms with Crippen molar-refractivity contribution in [3.8, 4) is 0 Å². The largest absolute Gasteiger partial charge is 0.303 e. The van der Waals surface area contributed by atoms with E-state index < -0.39 is 0 Å². The zero-order valence-corrected chi connectivity index (χ0v) is 10.3. The third-order valence-electron chi connectivity index (χ3n) is 2.76. The van der Waals surface area contributed by atoms with Crippen LogP contribution >= 0.6 is 0 Å². The van der Waals surface area contributed by atoms with E-state index in [1.54, 1.807) is 11.0 Å². The minimum absolute atomic E-state index is 0.361. The summed E-state index contributed by atoms with van der Waals surface area (Å²) >= 11 is 0. The Labute approximate surface area is 102 Å². The third kappa shape index (κ3) is 3.14. The molecule has 1 heterocycles. The Hall–Kier alpha value is -1.68. The fourth-order valence-electron chi connectivity index (χ4n) is 1.86. The lowest BCUT2D eigenvalue weighted by molar-refractivity contribution is 0.507. The summed E-state index contributed by atoms with van der Waals surface area (Å²) in [6.45, 7) is 2.88. The predicted molar refractivity (Wildman–Crippen MR) is 67.3 cm³/mol. The number of nitrogens with one attached hydrogen (secondary N) is 1. The number of benzene rings is 1. The predicted octanol–water partition coefficient (Wildman–Crippen LogP) is 2.06. The van der Waals surface area contributed by atoms with E-state index in [0.29, 0.717) is 12.6 Å². The Morgan fingerprint density at radius 1 is 1.29 bits per heavy atom. The Morgan fingerprint density at radius 2 is 2.06 bits per heavy atom. The molecule has 1 N–H and O–H groups in total. The maximum absolute atomic E-state index is 4.25. The Balaban J connectivity index is 1.97. The summed E-state index contributed by atoms with van der Waals surface area (Å²) in [5, 5.41) is 7.73. The maximum atomic E-state index is 4.25. The highest BCUT2D eigenvalue weighted by molar-refractivity contribution is 5.18. The molecule has 0 spiro atoms. The van der Waals surface area contributed by atoms with Crippen LogP contribution in [0.5, 0.6) is 0 Å². The van der Waals surface area contributed by atoms with Gasteiger partial charge in [0.05, 0.1) is 6.54 Å². The monoisotopic (exact) mass is 230 g/mol. The molecule has 0 radical (unpaired) electrons. The molecule has 0 saturated carbocycles. The molecule has 4 nitrogen and oxygen atoms in total. The van der Waals surface area contributed by atoms with Crippen LogP contribution in [-0.2, 0) is 13.6 Å². The second kappa shape index (κ2) is 5.59. The number of aromatic nitrogens is 3. The normalized spacial score (nSPS) is 12.6. The van der Waals surface area contributed by atoms with Crippen molar-refractivity contribution in [2.75, 3.05) is 0 Å². The molecule has 0 saturated heterocycles. The van der Waals surface area contributed by atoms with E-state index in [2.05, 4.69) is 46.6 Å². The third-order valence-corrected chi connectivity index (χ3v) is 2.76. The smallest absolute Gasteiger partial charge is 0.164 e. The van der Waals surface area contributed by atoms with Crippen LogP contribution < -0.4 is 5.32 Å². The van der Waals surface area contributed by atoms with Crippen molar-refractivity contribution < 1.29 is 0 Å². The first-order valence-electron chi connectivity index (χ1n) is 5.92. The zero-order valence-electron chi connectivity index (χ0n) is 10.3. The topological polar surface area (TPSA) is 42.7 Å². The Morgan fingerprint density at radius 3 is 2.65 bits per heavy atom. The van der Waals surface area contributed by atoms with Gasteiger partial charge >= 0.3 is 0 Å². The molecule has 0 aliphatic rings. The van der Waals surface area contributed by atoms with Gasteiger partial charge in [0.2, 0.25) is 0 Å². The lowest BCUT2D eigenvalue weighted by Crippen LogP contribution is -2.21. The molecule has 0 amide bonds. The van der Waals surface area contributed by atoms with E-state index in [4.69, 9.17) is 0 Å². The van der Waals surface area contributed by atoms with Crippen molar-refractivity contribution in [2.45, 2.75) is 25.9 Å². The number of rotatable bonds is 5. The minimum Gasteiger partial charge on any atom is -0.303 e. The second-order valence-electron chi connectivity index (χ2n) is 4.09. The molecule has 1 aromatic heterocycles. The summed E-state index contributed by atoms with van der Waals surface area (Å²) in [5.74, 6) is 0.835. The van der Waals surface area contributed by atoms with Crippen LogP contribution in [0.25, 0.3) is 0 Å². The molecule has 0 bridgehead atoms. The van der Waals surface area contributed by atoms with Crippen molar-refractivity contribution in [3.63, 3.8) is 0 Å². The number of nitrogens with zero attached hydrogens (tertiary/aromatic N) is 3. The molecule has 2 aromatic rings. The molecule has 1 atom stereocenters. The van der Waals surface area contributed by atoms with Gasteiger partial charge in [0, 0.05) is 13.1 Å². The van der Waals surface area contributed by atoms with Crippen LogP contribution in [0.1, 0.15) is 30.8 Å². The highest BCUT2D eigenvalue weighted by Crippen LogP contribution is 2.15. The van der Waals surface area contributed by atoms with Gasteiger partial charge in [0.25, 0.3) is 0 Å². The van der Waals surface area contributed by atoms with Crippen LogP contribution in [0.2, 0.25) is 0 Å². The van der Waals surface area contributed by atoms with Gasteiger partial charge in [-0.25, -0.2) is 4.98 Å². The van der Waals surface area contributed by atoms with Gasteiger partial charge in [-0.3, -0.25) is 4.68 Å². The van der Waals surface area contributed by atoms with E-state index in [1.807, 2.05) is 13.1 Å². The van der Waals surface area contributed by atoms with E-state index in [-0.39, 0.29) is 0 Å². The average molecular weight is 230 g/mol. The van der Waals surface area contributed by atoms with Crippen molar-refractivity contribution in [1.29, 1.82) is 0 Å². The van der Waals surface area contributed by atoms with Crippen LogP contribution in [0.3, 0.4) is 0 Å². The number of hydrogen-bond acceptors (Lipinski definition) is 3. The van der Waals surface area contributed by atoms with Crippen LogP contribution in [0, 0.1) is 0 Å². The molecule has 2 rings (SSSR count). The van der Waals surface area contributed by atoms with Crippen molar-refractivity contribution in [1.82, 2.24) is 20.1 Å². The van der Waals surface area contributed by atoms with Crippen molar-refractivity contribution >= 4 is 0 Å². The Bertz CT molecular complexity index is 449. The summed E-state index contributed by atoms with van der Waals surface area (Å²) in [6, 6.07) is 10.8. The minimum atomic E-state index is 0.361. The molecule has 1 aromatic carbocycles.